The summed E-state index contributed by atoms with van der Waals surface area (Å²) >= 11 is 0. The Labute approximate surface area is 319 Å². The van der Waals surface area contributed by atoms with Crippen LogP contribution in [0.4, 0.5) is 0 Å². The van der Waals surface area contributed by atoms with Crippen molar-refractivity contribution in [3.8, 4) is 11.5 Å². The Morgan fingerprint density at radius 3 is 2.19 bits per heavy atom. The predicted octanol–water partition coefficient (Wildman–Crippen LogP) is 9.31. The molecule has 10 atom stereocenters. The molecule has 1 aromatic rings. The van der Waals surface area contributed by atoms with E-state index in [1.807, 2.05) is 0 Å². The van der Waals surface area contributed by atoms with Crippen molar-refractivity contribution in [1.82, 2.24) is 10.6 Å². The average molecular weight is 731 g/mol. The minimum absolute atomic E-state index is 0.0397. The Kier molecular flexibility index (Phi) is 11.3. The topological polar surface area (TPSA) is 119 Å². The first kappa shape index (κ1) is 39.9. The standard InChI is InChI=1S/C46H70N2O5/c1-30(2)32-19-24-46(41(53)48-28-12-10-8-9-11-27-47-39(52)18-14-31-13-16-34(49)35(50)29-31)26-25-44(6)33(40(32)46)15-17-37-43(5)22-21-38(51)42(3,4)36(43)20-23-45(37,44)7/h13-14,16,18,29,32-33,36-38,40,49-51H,1,8-12,15,17,19-28H2,2-7H3,(H,47,52)(H,48,53)/b18-14+/t32-,33?,36?,37?,38-,40?,43-,44+,45+,46-/m0/s1. The summed E-state index contributed by atoms with van der Waals surface area (Å²) in [5.41, 5.74) is 2.27. The summed E-state index contributed by atoms with van der Waals surface area (Å²) in [5.74, 6) is 2.26. The van der Waals surface area contributed by atoms with Gasteiger partial charge in [-0.2, -0.15) is 0 Å². The third-order valence-corrected chi connectivity index (χ3v) is 16.9. The molecule has 1 aromatic carbocycles. The first-order valence-corrected chi connectivity index (χ1v) is 21.1. The molecule has 5 saturated carbocycles. The molecule has 5 fully saturated rings. The molecule has 5 aliphatic carbocycles. The molecule has 2 amide bonds. The highest BCUT2D eigenvalue weighted by molar-refractivity contribution is 5.91. The van der Waals surface area contributed by atoms with Crippen molar-refractivity contribution >= 4 is 17.9 Å². The molecule has 0 spiro atoms. The molecule has 7 heteroatoms. The molecule has 0 radical (unpaired) electrons. The Morgan fingerprint density at radius 1 is 0.792 bits per heavy atom. The van der Waals surface area contributed by atoms with Gasteiger partial charge in [0.25, 0.3) is 0 Å². The van der Waals surface area contributed by atoms with Gasteiger partial charge >= 0.3 is 0 Å². The van der Waals surface area contributed by atoms with E-state index in [0.717, 1.165) is 77.2 Å². The zero-order chi connectivity index (χ0) is 38.4. The highest BCUT2D eigenvalue weighted by atomic mass is 16.3. The number of hydrogen-bond acceptors (Lipinski definition) is 5. The maximum absolute atomic E-state index is 14.4. The Bertz CT molecular complexity index is 1570. The number of unbranched alkanes of at least 4 members (excludes halogenated alkanes) is 4. The molecule has 7 nitrogen and oxygen atoms in total. The van der Waals surface area contributed by atoms with Gasteiger partial charge in [-0.25, -0.2) is 0 Å². The van der Waals surface area contributed by atoms with Crippen LogP contribution in [-0.2, 0) is 9.59 Å². The Morgan fingerprint density at radius 2 is 1.49 bits per heavy atom. The first-order valence-electron chi connectivity index (χ1n) is 21.1. The summed E-state index contributed by atoms with van der Waals surface area (Å²) < 4.78 is 0. The highest BCUT2D eigenvalue weighted by Gasteiger charge is 2.71. The van der Waals surface area contributed by atoms with Gasteiger partial charge < -0.3 is 26.0 Å². The summed E-state index contributed by atoms with van der Waals surface area (Å²) in [6, 6.07) is 4.45. The van der Waals surface area contributed by atoms with Crippen molar-refractivity contribution in [2.75, 3.05) is 13.1 Å². The molecule has 5 N–H and O–H groups in total. The summed E-state index contributed by atoms with van der Waals surface area (Å²) in [6.07, 6.45) is 19.0. The zero-order valence-electron chi connectivity index (χ0n) is 33.7. The van der Waals surface area contributed by atoms with E-state index in [9.17, 15) is 24.9 Å². The molecule has 53 heavy (non-hydrogen) atoms. The number of aliphatic hydroxyl groups is 1. The van der Waals surface area contributed by atoms with Gasteiger partial charge in [0, 0.05) is 19.2 Å². The number of fused-ring (bicyclic) bond motifs is 7. The molecule has 5 aliphatic rings. The number of phenolic OH excluding ortho intramolecular Hbond substituents is 2. The summed E-state index contributed by atoms with van der Waals surface area (Å²) in [6.45, 7) is 20.6. The molecule has 294 valence electrons. The van der Waals surface area contributed by atoms with Crippen molar-refractivity contribution in [3.05, 3.63) is 42.0 Å². The van der Waals surface area contributed by atoms with Crippen LogP contribution >= 0.6 is 0 Å². The van der Waals surface area contributed by atoms with Gasteiger partial charge in [0.05, 0.1) is 11.5 Å². The van der Waals surface area contributed by atoms with Crippen molar-refractivity contribution < 1.29 is 24.9 Å². The van der Waals surface area contributed by atoms with Gasteiger partial charge in [0.1, 0.15) is 0 Å². The molecule has 0 aliphatic heterocycles. The van der Waals surface area contributed by atoms with Crippen molar-refractivity contribution in [1.29, 1.82) is 0 Å². The van der Waals surface area contributed by atoms with Crippen LogP contribution in [0.5, 0.6) is 11.5 Å². The monoisotopic (exact) mass is 731 g/mol. The van der Waals surface area contributed by atoms with Gasteiger partial charge in [-0.1, -0.05) is 72.1 Å². The summed E-state index contributed by atoms with van der Waals surface area (Å²) in [4.78, 5) is 26.6. The average Bonchev–Trinajstić information content (AvgIpc) is 3.51. The predicted molar refractivity (Wildman–Crippen MR) is 213 cm³/mol. The maximum atomic E-state index is 14.4. The fraction of sp³-hybridized carbons (Fsp3) is 0.739. The quantitative estimate of drug-likeness (QED) is 0.0636. The number of aliphatic hydroxyl groups excluding tert-OH is 1. The fourth-order valence-corrected chi connectivity index (χ4v) is 13.8. The van der Waals surface area contributed by atoms with Crippen LogP contribution in [0.2, 0.25) is 0 Å². The van der Waals surface area contributed by atoms with E-state index in [4.69, 9.17) is 0 Å². The van der Waals surface area contributed by atoms with E-state index >= 15 is 0 Å². The van der Waals surface area contributed by atoms with Crippen LogP contribution < -0.4 is 10.6 Å². The van der Waals surface area contributed by atoms with Crippen LogP contribution in [0.15, 0.2) is 36.4 Å². The first-order chi connectivity index (χ1) is 25.0. The van der Waals surface area contributed by atoms with Crippen molar-refractivity contribution in [3.63, 3.8) is 0 Å². The number of carbonyl (C=O) groups excluding carboxylic acids is 2. The second-order valence-corrected chi connectivity index (χ2v) is 19.6. The van der Waals surface area contributed by atoms with E-state index in [1.165, 1.54) is 49.5 Å². The van der Waals surface area contributed by atoms with E-state index in [-0.39, 0.29) is 50.6 Å². The zero-order valence-corrected chi connectivity index (χ0v) is 33.7. The van der Waals surface area contributed by atoms with Gasteiger partial charge in [-0.3, -0.25) is 9.59 Å². The molecule has 0 aromatic heterocycles. The molecular weight excluding hydrogens is 661 g/mol. The van der Waals surface area contributed by atoms with Crippen LogP contribution in [0.1, 0.15) is 143 Å². The normalized spacial score (nSPS) is 38.6. The summed E-state index contributed by atoms with van der Waals surface area (Å²) in [7, 11) is 0. The Hall–Kier alpha value is -2.80. The minimum Gasteiger partial charge on any atom is -0.504 e. The van der Waals surface area contributed by atoms with Crippen LogP contribution in [0, 0.1) is 56.7 Å². The lowest BCUT2D eigenvalue weighted by Crippen LogP contribution is -2.67. The second kappa shape index (κ2) is 15.0. The number of carbonyl (C=O) groups is 2. The van der Waals surface area contributed by atoms with Crippen molar-refractivity contribution in [2.24, 2.45) is 56.7 Å². The fourth-order valence-electron chi connectivity index (χ4n) is 13.8. The van der Waals surface area contributed by atoms with Crippen LogP contribution in [-0.4, -0.2) is 46.3 Å². The van der Waals surface area contributed by atoms with E-state index in [0.29, 0.717) is 47.6 Å². The number of benzene rings is 1. The number of nitrogens with one attached hydrogen (secondary N) is 2. The number of aromatic hydroxyl groups is 2. The minimum atomic E-state index is -0.287. The lowest BCUT2D eigenvalue weighted by atomic mass is 9.32. The number of rotatable bonds is 12. The van der Waals surface area contributed by atoms with Gasteiger partial charge in [0.2, 0.25) is 11.8 Å². The Balaban J connectivity index is 1.01. The summed E-state index contributed by atoms with van der Waals surface area (Å²) in [5, 5.41) is 36.5. The van der Waals surface area contributed by atoms with Crippen LogP contribution in [0.25, 0.3) is 6.08 Å². The SMILES string of the molecule is C=C(C)[C@@H]1CC[C@]2(C(=O)NCCCCCCCNC(=O)/C=C/c3ccc(O)c(O)c3)CC[C@]3(C)C(CCC4[C@@]5(C)CC[C@H](O)C(C)(C)C5CC[C@]43C)C12. The molecule has 0 saturated heterocycles. The third-order valence-electron chi connectivity index (χ3n) is 16.9. The lowest BCUT2D eigenvalue weighted by Gasteiger charge is -2.72. The second-order valence-electron chi connectivity index (χ2n) is 19.6. The highest BCUT2D eigenvalue weighted by Crippen LogP contribution is 2.77. The van der Waals surface area contributed by atoms with Gasteiger partial charge in [-0.05, 0) is 159 Å². The number of hydrogen-bond donors (Lipinski definition) is 5. The number of phenols is 2. The third kappa shape index (κ3) is 6.88. The van der Waals surface area contributed by atoms with Crippen LogP contribution in [0.3, 0.4) is 0 Å². The lowest BCUT2D eigenvalue weighted by molar-refractivity contribution is -0.246. The maximum Gasteiger partial charge on any atom is 0.243 e. The number of amides is 2. The molecule has 6 rings (SSSR count). The van der Waals surface area contributed by atoms with E-state index in [2.05, 4.69) is 58.8 Å². The van der Waals surface area contributed by atoms with Crippen molar-refractivity contribution in [2.45, 2.75) is 144 Å². The largest absolute Gasteiger partial charge is 0.504 e. The number of allylic oxidation sites excluding steroid dienone is 1. The molecule has 0 bridgehead atoms. The van der Waals surface area contributed by atoms with Gasteiger partial charge in [0.15, 0.2) is 11.5 Å². The molecular formula is C46H70N2O5. The smallest absolute Gasteiger partial charge is 0.243 e. The van der Waals surface area contributed by atoms with E-state index < -0.39 is 0 Å². The van der Waals surface area contributed by atoms with E-state index in [1.54, 1.807) is 12.1 Å². The molecule has 4 unspecified atom stereocenters. The molecule has 0 heterocycles. The van der Waals surface area contributed by atoms with Gasteiger partial charge in [-0.15, -0.1) is 0 Å².